The van der Waals surface area contributed by atoms with Crippen LogP contribution in [0.5, 0.6) is 5.75 Å². The van der Waals surface area contributed by atoms with Gasteiger partial charge >= 0.3 is 5.97 Å². The summed E-state index contributed by atoms with van der Waals surface area (Å²) in [6, 6.07) is 12.5. The van der Waals surface area contributed by atoms with E-state index >= 15 is 0 Å². The van der Waals surface area contributed by atoms with Gasteiger partial charge in [0.2, 0.25) is 0 Å². The molecule has 6 heteroatoms. The van der Waals surface area contributed by atoms with Crippen molar-refractivity contribution in [2.75, 3.05) is 5.32 Å². The quantitative estimate of drug-likeness (QED) is 0.739. The Hall–Kier alpha value is -2.53. The van der Waals surface area contributed by atoms with Gasteiger partial charge < -0.3 is 15.2 Å². The number of carbonyl (C=O) groups excluding carboxylic acids is 1. The number of aryl methyl sites for hydroxylation is 1. The summed E-state index contributed by atoms with van der Waals surface area (Å²) in [6.07, 6.45) is -0.659. The molecule has 2 N–H and O–H groups in total. The van der Waals surface area contributed by atoms with Crippen LogP contribution < -0.4 is 10.1 Å². The molecule has 2 atom stereocenters. The van der Waals surface area contributed by atoms with E-state index in [-0.39, 0.29) is 18.2 Å². The number of nitrogens with one attached hydrogen (secondary N) is 1. The number of ether oxygens (including phenoxy) is 1. The van der Waals surface area contributed by atoms with Gasteiger partial charge in [-0.15, -0.1) is 0 Å². The standard InChI is InChI=1S/C20H22ClNO4/c1-12-4-9-17(21)18(10-12)26-14(3)20(25)22-16-7-5-15(6-8-16)13(2)11-19(23)24/h4-10,13-14H,11H2,1-3H3,(H,22,25)(H,23,24). The zero-order valence-electron chi connectivity index (χ0n) is 15.0. The summed E-state index contributed by atoms with van der Waals surface area (Å²) in [5.41, 5.74) is 2.51. The number of hydrogen-bond acceptors (Lipinski definition) is 3. The molecule has 0 radical (unpaired) electrons. The number of anilines is 1. The van der Waals surface area contributed by atoms with Gasteiger partial charge in [0.1, 0.15) is 5.75 Å². The highest BCUT2D eigenvalue weighted by Crippen LogP contribution is 2.26. The number of carboxylic acid groups (broad SMARTS) is 1. The number of halogens is 1. The van der Waals surface area contributed by atoms with E-state index < -0.39 is 12.1 Å². The number of amides is 1. The number of aliphatic carboxylic acids is 1. The summed E-state index contributed by atoms with van der Waals surface area (Å²) < 4.78 is 5.66. The minimum atomic E-state index is -0.837. The van der Waals surface area contributed by atoms with Crippen LogP contribution in [0.4, 0.5) is 5.69 Å². The number of hydrogen-bond donors (Lipinski definition) is 2. The van der Waals surface area contributed by atoms with E-state index in [0.717, 1.165) is 11.1 Å². The van der Waals surface area contributed by atoms with Gasteiger partial charge in [0.15, 0.2) is 6.10 Å². The summed E-state index contributed by atoms with van der Waals surface area (Å²) in [5, 5.41) is 12.1. The van der Waals surface area contributed by atoms with Crippen LogP contribution in [0.25, 0.3) is 0 Å². The zero-order valence-corrected chi connectivity index (χ0v) is 15.7. The Morgan fingerprint density at radius 1 is 1.15 bits per heavy atom. The molecule has 2 unspecified atom stereocenters. The first-order valence-electron chi connectivity index (χ1n) is 8.31. The van der Waals surface area contributed by atoms with Crippen molar-refractivity contribution in [3.8, 4) is 5.75 Å². The summed E-state index contributed by atoms with van der Waals surface area (Å²) >= 11 is 6.09. The number of rotatable bonds is 7. The van der Waals surface area contributed by atoms with Gasteiger partial charge in [-0.1, -0.05) is 36.7 Å². The highest BCUT2D eigenvalue weighted by atomic mass is 35.5. The first-order chi connectivity index (χ1) is 12.3. The average Bonchev–Trinajstić information content (AvgIpc) is 2.58. The van der Waals surface area contributed by atoms with Crippen molar-refractivity contribution < 1.29 is 19.4 Å². The molecule has 0 fully saturated rings. The smallest absolute Gasteiger partial charge is 0.303 e. The van der Waals surface area contributed by atoms with Gasteiger partial charge in [-0.05, 0) is 55.2 Å². The molecule has 0 heterocycles. The maximum absolute atomic E-state index is 12.3. The molecule has 5 nitrogen and oxygen atoms in total. The van der Waals surface area contributed by atoms with Gasteiger partial charge in [-0.2, -0.15) is 0 Å². The van der Waals surface area contributed by atoms with Crippen LogP contribution in [0.2, 0.25) is 5.02 Å². The Bertz CT molecular complexity index is 789. The normalized spacial score (nSPS) is 12.9. The average molecular weight is 376 g/mol. The van der Waals surface area contributed by atoms with E-state index in [4.69, 9.17) is 21.4 Å². The Labute approximate surface area is 157 Å². The molecule has 0 saturated heterocycles. The molecule has 2 aromatic carbocycles. The summed E-state index contributed by atoms with van der Waals surface area (Å²) in [4.78, 5) is 23.1. The van der Waals surface area contributed by atoms with Crippen LogP contribution >= 0.6 is 11.6 Å². The van der Waals surface area contributed by atoms with Crippen molar-refractivity contribution in [2.45, 2.75) is 39.2 Å². The van der Waals surface area contributed by atoms with Gasteiger partial charge in [-0.25, -0.2) is 0 Å². The minimum Gasteiger partial charge on any atom is -0.481 e. The lowest BCUT2D eigenvalue weighted by atomic mass is 9.98. The second kappa shape index (κ2) is 8.72. The van der Waals surface area contributed by atoms with Crippen molar-refractivity contribution in [2.24, 2.45) is 0 Å². The van der Waals surface area contributed by atoms with E-state index in [0.29, 0.717) is 16.5 Å². The van der Waals surface area contributed by atoms with Crippen LogP contribution in [-0.2, 0) is 9.59 Å². The molecular weight excluding hydrogens is 354 g/mol. The number of carbonyl (C=O) groups is 2. The van der Waals surface area contributed by atoms with E-state index in [1.54, 1.807) is 31.2 Å². The fraction of sp³-hybridized carbons (Fsp3) is 0.300. The second-order valence-corrected chi connectivity index (χ2v) is 6.71. The lowest BCUT2D eigenvalue weighted by Crippen LogP contribution is -2.30. The van der Waals surface area contributed by atoms with E-state index in [1.807, 2.05) is 32.0 Å². The Morgan fingerprint density at radius 3 is 2.42 bits per heavy atom. The van der Waals surface area contributed by atoms with Gasteiger partial charge in [0, 0.05) is 5.69 Å². The largest absolute Gasteiger partial charge is 0.481 e. The highest BCUT2D eigenvalue weighted by molar-refractivity contribution is 6.32. The van der Waals surface area contributed by atoms with Crippen molar-refractivity contribution in [1.29, 1.82) is 0 Å². The molecule has 0 aliphatic carbocycles. The molecule has 26 heavy (non-hydrogen) atoms. The Balaban J connectivity index is 1.98. The molecule has 2 rings (SSSR count). The van der Waals surface area contributed by atoms with Gasteiger partial charge in [-0.3, -0.25) is 9.59 Å². The van der Waals surface area contributed by atoms with E-state index in [9.17, 15) is 9.59 Å². The van der Waals surface area contributed by atoms with Crippen LogP contribution in [-0.4, -0.2) is 23.1 Å². The molecule has 0 aliphatic heterocycles. The lowest BCUT2D eigenvalue weighted by molar-refractivity contribution is -0.137. The van der Waals surface area contributed by atoms with E-state index in [2.05, 4.69) is 5.32 Å². The van der Waals surface area contributed by atoms with Crippen molar-refractivity contribution in [3.05, 3.63) is 58.6 Å². The van der Waals surface area contributed by atoms with Crippen LogP contribution in [0.3, 0.4) is 0 Å². The molecule has 0 spiro atoms. The third-order valence-corrected chi connectivity index (χ3v) is 4.30. The first-order valence-corrected chi connectivity index (χ1v) is 8.69. The van der Waals surface area contributed by atoms with Crippen LogP contribution in [0.15, 0.2) is 42.5 Å². The minimum absolute atomic E-state index is 0.0633. The van der Waals surface area contributed by atoms with Crippen molar-refractivity contribution >= 4 is 29.2 Å². The maximum Gasteiger partial charge on any atom is 0.303 e. The maximum atomic E-state index is 12.3. The topological polar surface area (TPSA) is 75.6 Å². The molecule has 138 valence electrons. The SMILES string of the molecule is Cc1ccc(Cl)c(OC(C)C(=O)Nc2ccc(C(C)CC(=O)O)cc2)c1. The van der Waals surface area contributed by atoms with Crippen LogP contribution in [0, 0.1) is 6.92 Å². The summed E-state index contributed by atoms with van der Waals surface area (Å²) in [6.45, 7) is 5.42. The van der Waals surface area contributed by atoms with Gasteiger partial charge in [0.05, 0.1) is 11.4 Å². The Morgan fingerprint density at radius 2 is 1.81 bits per heavy atom. The lowest BCUT2D eigenvalue weighted by Gasteiger charge is -2.16. The summed E-state index contributed by atoms with van der Waals surface area (Å²) in [7, 11) is 0. The fourth-order valence-corrected chi connectivity index (χ4v) is 2.63. The Kier molecular flexibility index (Phi) is 6.64. The highest BCUT2D eigenvalue weighted by Gasteiger charge is 2.17. The molecule has 2 aromatic rings. The van der Waals surface area contributed by atoms with Crippen molar-refractivity contribution in [1.82, 2.24) is 0 Å². The summed E-state index contributed by atoms with van der Waals surface area (Å²) in [5.74, 6) is -0.764. The fourth-order valence-electron chi connectivity index (χ4n) is 2.46. The van der Waals surface area contributed by atoms with Crippen molar-refractivity contribution in [3.63, 3.8) is 0 Å². The second-order valence-electron chi connectivity index (χ2n) is 6.30. The molecule has 0 bridgehead atoms. The third-order valence-electron chi connectivity index (χ3n) is 3.99. The van der Waals surface area contributed by atoms with Gasteiger partial charge in [0.25, 0.3) is 5.91 Å². The number of benzene rings is 2. The predicted molar refractivity (Wildman–Crippen MR) is 102 cm³/mol. The molecule has 0 aromatic heterocycles. The number of carboxylic acids is 1. The van der Waals surface area contributed by atoms with E-state index in [1.165, 1.54) is 0 Å². The molecule has 1 amide bonds. The zero-order chi connectivity index (χ0) is 19.3. The first kappa shape index (κ1) is 19.8. The predicted octanol–water partition coefficient (Wildman–Crippen LogP) is 4.63. The third kappa shape index (κ3) is 5.49. The van der Waals surface area contributed by atoms with Crippen LogP contribution in [0.1, 0.15) is 37.3 Å². The monoisotopic (exact) mass is 375 g/mol. The molecule has 0 aliphatic rings. The molecular formula is C20H22ClNO4. The molecule has 0 saturated carbocycles.